The molecule has 1 aliphatic rings. The zero-order valence-corrected chi connectivity index (χ0v) is 12.7. The fourth-order valence-electron chi connectivity index (χ4n) is 2.34. The molecule has 0 aromatic heterocycles. The number of hydrogen-bond donors (Lipinski definition) is 2. The number of rotatable bonds is 5. The molecule has 1 fully saturated rings. The molecule has 0 heterocycles. The molecular weight excluding hydrogens is 345 g/mol. The van der Waals surface area contributed by atoms with Gasteiger partial charge in [0.25, 0.3) is 5.91 Å². The van der Waals surface area contributed by atoms with Gasteiger partial charge in [0.05, 0.1) is 5.92 Å². The van der Waals surface area contributed by atoms with Crippen LogP contribution in [0.2, 0.25) is 0 Å². The molecule has 114 valence electrons. The molecular formula is C14H15BrFNO4. The number of nitrogens with one attached hydrogen (secondary N) is 1. The van der Waals surface area contributed by atoms with Gasteiger partial charge in [-0.1, -0.05) is 15.9 Å². The Morgan fingerprint density at radius 3 is 2.81 bits per heavy atom. The van der Waals surface area contributed by atoms with Crippen molar-refractivity contribution < 1.29 is 23.8 Å². The first-order valence-corrected chi connectivity index (χ1v) is 7.35. The molecule has 2 rings (SSSR count). The minimum Gasteiger partial charge on any atom is -0.481 e. The first-order chi connectivity index (χ1) is 9.95. The summed E-state index contributed by atoms with van der Waals surface area (Å²) >= 11 is 3.13. The van der Waals surface area contributed by atoms with E-state index in [4.69, 9.17) is 9.84 Å². The predicted octanol–water partition coefficient (Wildman–Crippen LogP) is 2.34. The summed E-state index contributed by atoms with van der Waals surface area (Å²) in [7, 11) is 0. The van der Waals surface area contributed by atoms with E-state index in [0.29, 0.717) is 23.7 Å². The van der Waals surface area contributed by atoms with Crippen molar-refractivity contribution in [2.45, 2.75) is 25.3 Å². The average Bonchev–Trinajstić information content (AvgIpc) is 2.86. The van der Waals surface area contributed by atoms with Crippen LogP contribution in [0.15, 0.2) is 22.7 Å². The van der Waals surface area contributed by atoms with Crippen molar-refractivity contribution in [1.29, 1.82) is 0 Å². The summed E-state index contributed by atoms with van der Waals surface area (Å²) < 4.78 is 19.2. The monoisotopic (exact) mass is 359 g/mol. The van der Waals surface area contributed by atoms with Gasteiger partial charge in [0.2, 0.25) is 0 Å². The lowest BCUT2D eigenvalue weighted by molar-refractivity contribution is -0.141. The van der Waals surface area contributed by atoms with E-state index in [9.17, 15) is 14.0 Å². The van der Waals surface area contributed by atoms with Crippen molar-refractivity contribution >= 4 is 27.8 Å². The van der Waals surface area contributed by atoms with Gasteiger partial charge in [0.15, 0.2) is 18.2 Å². The second kappa shape index (κ2) is 6.89. The highest BCUT2D eigenvalue weighted by molar-refractivity contribution is 9.10. The summed E-state index contributed by atoms with van der Waals surface area (Å²) in [6.45, 7) is -0.299. The SMILES string of the molecule is O=C(COc1ccc(Br)cc1F)N[C@H]1CC[C@@H](C(=O)O)C1. The third kappa shape index (κ3) is 4.42. The average molecular weight is 360 g/mol. The van der Waals surface area contributed by atoms with Crippen molar-refractivity contribution in [1.82, 2.24) is 5.32 Å². The summed E-state index contributed by atoms with van der Waals surface area (Å²) in [5.41, 5.74) is 0. The molecule has 0 bridgehead atoms. The van der Waals surface area contributed by atoms with Crippen molar-refractivity contribution in [3.8, 4) is 5.75 Å². The van der Waals surface area contributed by atoms with Gasteiger partial charge in [-0.25, -0.2) is 4.39 Å². The Kier molecular flexibility index (Phi) is 5.17. The molecule has 0 unspecified atom stereocenters. The summed E-state index contributed by atoms with van der Waals surface area (Å²) in [5, 5.41) is 11.6. The van der Waals surface area contributed by atoms with Crippen molar-refractivity contribution in [3.05, 3.63) is 28.5 Å². The van der Waals surface area contributed by atoms with Gasteiger partial charge < -0.3 is 15.2 Å². The van der Waals surface area contributed by atoms with Crippen LogP contribution in [-0.2, 0) is 9.59 Å². The maximum atomic E-state index is 13.5. The fourth-order valence-corrected chi connectivity index (χ4v) is 2.67. The van der Waals surface area contributed by atoms with Gasteiger partial charge in [-0.15, -0.1) is 0 Å². The van der Waals surface area contributed by atoms with E-state index in [-0.39, 0.29) is 24.3 Å². The van der Waals surface area contributed by atoms with Gasteiger partial charge in [0.1, 0.15) is 0 Å². The molecule has 2 N–H and O–H groups in total. The number of carboxylic acids is 1. The third-order valence-electron chi connectivity index (χ3n) is 3.40. The number of carbonyl (C=O) groups excluding carboxylic acids is 1. The zero-order valence-electron chi connectivity index (χ0n) is 11.1. The lowest BCUT2D eigenvalue weighted by Gasteiger charge is -2.13. The van der Waals surface area contributed by atoms with Gasteiger partial charge >= 0.3 is 5.97 Å². The molecule has 7 heteroatoms. The molecule has 2 atom stereocenters. The second-order valence-corrected chi connectivity index (χ2v) is 5.89. The molecule has 0 spiro atoms. The summed E-state index contributed by atoms with van der Waals surface area (Å²) in [4.78, 5) is 22.5. The Morgan fingerprint density at radius 2 is 2.19 bits per heavy atom. The Bertz CT molecular complexity index is 552. The van der Waals surface area contributed by atoms with E-state index in [0.717, 1.165) is 0 Å². The first kappa shape index (κ1) is 15.8. The topological polar surface area (TPSA) is 75.6 Å². The number of benzene rings is 1. The molecule has 1 aliphatic carbocycles. The highest BCUT2D eigenvalue weighted by Gasteiger charge is 2.30. The molecule has 0 saturated heterocycles. The van der Waals surface area contributed by atoms with E-state index in [1.54, 1.807) is 6.07 Å². The molecule has 0 aliphatic heterocycles. The van der Waals surface area contributed by atoms with E-state index in [2.05, 4.69) is 21.2 Å². The number of amides is 1. The zero-order chi connectivity index (χ0) is 15.4. The van der Waals surface area contributed by atoms with Crippen LogP contribution in [0.4, 0.5) is 4.39 Å². The highest BCUT2D eigenvalue weighted by atomic mass is 79.9. The van der Waals surface area contributed by atoms with Gasteiger partial charge in [-0.05, 0) is 37.5 Å². The van der Waals surface area contributed by atoms with Crippen molar-refractivity contribution in [2.24, 2.45) is 5.92 Å². The minimum atomic E-state index is -0.833. The smallest absolute Gasteiger partial charge is 0.306 e. The van der Waals surface area contributed by atoms with Gasteiger partial charge in [-0.3, -0.25) is 9.59 Å². The van der Waals surface area contributed by atoms with Crippen molar-refractivity contribution in [2.75, 3.05) is 6.61 Å². The molecule has 1 aromatic rings. The van der Waals surface area contributed by atoms with Crippen LogP contribution in [0.25, 0.3) is 0 Å². The van der Waals surface area contributed by atoms with Gasteiger partial charge in [-0.2, -0.15) is 0 Å². The predicted molar refractivity (Wildman–Crippen MR) is 76.5 cm³/mol. The van der Waals surface area contributed by atoms with Crippen molar-refractivity contribution in [3.63, 3.8) is 0 Å². The highest BCUT2D eigenvalue weighted by Crippen LogP contribution is 2.25. The Hall–Kier alpha value is -1.63. The van der Waals surface area contributed by atoms with Crippen LogP contribution in [0.1, 0.15) is 19.3 Å². The fraction of sp³-hybridized carbons (Fsp3) is 0.429. The van der Waals surface area contributed by atoms with Crippen LogP contribution < -0.4 is 10.1 Å². The van der Waals surface area contributed by atoms with Crippen LogP contribution in [0, 0.1) is 11.7 Å². The van der Waals surface area contributed by atoms with Crippen LogP contribution >= 0.6 is 15.9 Å². The standard InChI is InChI=1S/C14H15BrFNO4/c15-9-2-4-12(11(16)6-9)21-7-13(18)17-10-3-1-8(5-10)14(19)20/h2,4,6,8,10H,1,3,5,7H2,(H,17,18)(H,19,20)/t8-,10+/m1/s1. The molecule has 1 aromatic carbocycles. The van der Waals surface area contributed by atoms with Crippen LogP contribution in [0.3, 0.4) is 0 Å². The summed E-state index contributed by atoms with van der Waals surface area (Å²) in [6.07, 6.45) is 1.62. The lowest BCUT2D eigenvalue weighted by Crippen LogP contribution is -2.36. The third-order valence-corrected chi connectivity index (χ3v) is 3.89. The molecule has 0 radical (unpaired) electrons. The summed E-state index contributed by atoms with van der Waals surface area (Å²) in [5.74, 6) is -2.17. The Morgan fingerprint density at radius 1 is 1.43 bits per heavy atom. The molecule has 1 saturated carbocycles. The van der Waals surface area contributed by atoms with E-state index in [1.165, 1.54) is 12.1 Å². The molecule has 21 heavy (non-hydrogen) atoms. The normalized spacial score (nSPS) is 21.0. The van der Waals surface area contributed by atoms with E-state index >= 15 is 0 Å². The maximum Gasteiger partial charge on any atom is 0.306 e. The summed E-state index contributed by atoms with van der Waals surface area (Å²) in [6, 6.07) is 4.15. The maximum absolute atomic E-state index is 13.5. The number of halogens is 2. The largest absolute Gasteiger partial charge is 0.481 e. The van der Waals surface area contributed by atoms with Crippen LogP contribution in [-0.4, -0.2) is 29.6 Å². The Balaban J connectivity index is 1.79. The first-order valence-electron chi connectivity index (χ1n) is 6.55. The number of carboxylic acid groups (broad SMARTS) is 1. The number of aliphatic carboxylic acids is 1. The van der Waals surface area contributed by atoms with E-state index < -0.39 is 17.7 Å². The second-order valence-electron chi connectivity index (χ2n) is 4.98. The Labute approximate surface area is 129 Å². The number of ether oxygens (including phenoxy) is 1. The van der Waals surface area contributed by atoms with E-state index in [1.807, 2.05) is 0 Å². The number of hydrogen-bond acceptors (Lipinski definition) is 3. The van der Waals surface area contributed by atoms with Gasteiger partial charge in [0, 0.05) is 10.5 Å². The molecule has 5 nitrogen and oxygen atoms in total. The molecule has 1 amide bonds. The van der Waals surface area contributed by atoms with Crippen LogP contribution in [0.5, 0.6) is 5.75 Å². The number of carbonyl (C=O) groups is 2. The lowest BCUT2D eigenvalue weighted by atomic mass is 10.1. The quantitative estimate of drug-likeness (QED) is 0.845. The minimum absolute atomic E-state index is 0.00295.